The number of morpholine rings is 1. The molecular formula is C27H31N5O2S2. The van der Waals surface area contributed by atoms with Gasteiger partial charge in [0.05, 0.1) is 41.4 Å². The van der Waals surface area contributed by atoms with Gasteiger partial charge in [0.15, 0.2) is 5.13 Å². The maximum atomic E-state index is 13.7. The predicted molar refractivity (Wildman–Crippen MR) is 147 cm³/mol. The molecule has 1 aliphatic rings. The van der Waals surface area contributed by atoms with Gasteiger partial charge < -0.3 is 4.74 Å². The number of aromatic nitrogens is 3. The Morgan fingerprint density at radius 1 is 1.14 bits per heavy atom. The number of thiazole rings is 1. The van der Waals surface area contributed by atoms with Gasteiger partial charge in [-0.2, -0.15) is 5.10 Å². The van der Waals surface area contributed by atoms with Gasteiger partial charge in [-0.05, 0) is 48.9 Å². The number of amides is 1. The molecule has 1 saturated heterocycles. The van der Waals surface area contributed by atoms with Gasteiger partial charge in [0.2, 0.25) is 0 Å². The quantitative estimate of drug-likeness (QED) is 0.299. The van der Waals surface area contributed by atoms with Crippen molar-refractivity contribution in [1.82, 2.24) is 19.7 Å². The number of carbonyl (C=O) groups is 1. The third-order valence-corrected chi connectivity index (χ3v) is 8.34. The number of hydrogen-bond donors (Lipinski definition) is 0. The first-order valence-electron chi connectivity index (χ1n) is 12.4. The number of rotatable bonds is 9. The van der Waals surface area contributed by atoms with Crippen LogP contribution in [0.25, 0.3) is 16.9 Å². The van der Waals surface area contributed by atoms with Gasteiger partial charge in [-0.25, -0.2) is 9.67 Å². The minimum absolute atomic E-state index is 0.0430. The first-order chi connectivity index (χ1) is 17.7. The fourth-order valence-corrected chi connectivity index (χ4v) is 6.28. The number of anilines is 1. The van der Waals surface area contributed by atoms with E-state index in [9.17, 15) is 4.79 Å². The molecule has 3 aromatic heterocycles. The summed E-state index contributed by atoms with van der Waals surface area (Å²) in [6.45, 7) is 9.18. The summed E-state index contributed by atoms with van der Waals surface area (Å²) >= 11 is 3.04. The van der Waals surface area contributed by atoms with Crippen LogP contribution >= 0.6 is 22.7 Å². The third kappa shape index (κ3) is 5.29. The highest BCUT2D eigenvalue weighted by molar-refractivity contribution is 7.15. The van der Waals surface area contributed by atoms with Crippen molar-refractivity contribution in [2.75, 3.05) is 44.3 Å². The van der Waals surface area contributed by atoms with Gasteiger partial charge in [0, 0.05) is 37.1 Å². The molecule has 188 valence electrons. The molecule has 4 heterocycles. The molecule has 0 aliphatic carbocycles. The fourth-order valence-electron chi connectivity index (χ4n) is 4.49. The molecule has 0 atom stereocenters. The number of hydrogen-bond acceptors (Lipinski definition) is 7. The molecule has 1 aliphatic heterocycles. The molecule has 0 spiro atoms. The van der Waals surface area contributed by atoms with E-state index < -0.39 is 0 Å². The van der Waals surface area contributed by atoms with Crippen molar-refractivity contribution in [2.45, 2.75) is 26.7 Å². The standard InChI is InChI=1S/C27H31N5O2S2/c1-3-21-10-17-35-25(21)26(33)31(12-7-11-30-13-15-34-16-14-30)27-29-24(19-36-27)23-18-28-32(20(23)2)22-8-5-4-6-9-22/h4-6,8-10,17-19H,3,7,11-16H2,1-2H3. The van der Waals surface area contributed by atoms with Gasteiger partial charge >= 0.3 is 0 Å². The smallest absolute Gasteiger partial charge is 0.270 e. The lowest BCUT2D eigenvalue weighted by Crippen LogP contribution is -2.39. The molecular weight excluding hydrogens is 490 g/mol. The van der Waals surface area contributed by atoms with Crippen molar-refractivity contribution in [3.63, 3.8) is 0 Å². The molecule has 9 heteroatoms. The van der Waals surface area contributed by atoms with E-state index in [1.54, 1.807) is 0 Å². The largest absolute Gasteiger partial charge is 0.379 e. The molecule has 0 saturated carbocycles. The van der Waals surface area contributed by atoms with Crippen LogP contribution in [0.15, 0.2) is 53.4 Å². The van der Waals surface area contributed by atoms with Gasteiger partial charge in [-0.1, -0.05) is 25.1 Å². The molecule has 5 rings (SSSR count). The zero-order valence-electron chi connectivity index (χ0n) is 20.7. The number of nitrogens with zero attached hydrogens (tertiary/aromatic N) is 5. The monoisotopic (exact) mass is 521 g/mol. The van der Waals surface area contributed by atoms with Crippen molar-refractivity contribution < 1.29 is 9.53 Å². The van der Waals surface area contributed by atoms with Crippen molar-refractivity contribution in [1.29, 1.82) is 0 Å². The molecule has 7 nitrogen and oxygen atoms in total. The Morgan fingerprint density at radius 3 is 2.72 bits per heavy atom. The Bertz CT molecular complexity index is 1290. The second-order valence-electron chi connectivity index (χ2n) is 8.80. The Morgan fingerprint density at radius 2 is 1.94 bits per heavy atom. The Kier molecular flexibility index (Phi) is 7.91. The van der Waals surface area contributed by atoms with Crippen LogP contribution in [0.3, 0.4) is 0 Å². The maximum absolute atomic E-state index is 13.7. The van der Waals surface area contributed by atoms with Crippen LogP contribution < -0.4 is 4.90 Å². The van der Waals surface area contributed by atoms with Crippen molar-refractivity contribution in [3.05, 3.63) is 69.5 Å². The number of benzene rings is 1. The summed E-state index contributed by atoms with van der Waals surface area (Å²) in [5.41, 5.74) is 4.96. The minimum atomic E-state index is 0.0430. The van der Waals surface area contributed by atoms with Crippen LogP contribution in [0.4, 0.5) is 5.13 Å². The molecule has 0 N–H and O–H groups in total. The molecule has 4 aromatic rings. The summed E-state index contributed by atoms with van der Waals surface area (Å²) in [6, 6.07) is 12.1. The summed E-state index contributed by atoms with van der Waals surface area (Å²) in [6.07, 6.45) is 3.59. The molecule has 1 amide bonds. The highest BCUT2D eigenvalue weighted by Crippen LogP contribution is 2.32. The van der Waals surface area contributed by atoms with E-state index in [-0.39, 0.29) is 5.91 Å². The second kappa shape index (κ2) is 11.5. The van der Waals surface area contributed by atoms with Crippen molar-refractivity contribution >= 4 is 33.7 Å². The molecule has 0 unspecified atom stereocenters. The van der Waals surface area contributed by atoms with E-state index in [1.807, 2.05) is 56.9 Å². The van der Waals surface area contributed by atoms with Gasteiger partial charge in [0.1, 0.15) is 0 Å². The van der Waals surface area contributed by atoms with Crippen LogP contribution in [-0.4, -0.2) is 65.0 Å². The summed E-state index contributed by atoms with van der Waals surface area (Å²) < 4.78 is 7.40. The van der Waals surface area contributed by atoms with Crippen molar-refractivity contribution in [3.8, 4) is 16.9 Å². The first-order valence-corrected chi connectivity index (χ1v) is 14.2. The third-order valence-electron chi connectivity index (χ3n) is 6.54. The van der Waals surface area contributed by atoms with E-state index in [1.165, 1.54) is 22.7 Å². The average Bonchev–Trinajstić information content (AvgIpc) is 3.67. The summed E-state index contributed by atoms with van der Waals surface area (Å²) in [7, 11) is 0. The highest BCUT2D eigenvalue weighted by atomic mass is 32.1. The zero-order chi connectivity index (χ0) is 24.9. The predicted octanol–water partition coefficient (Wildman–Crippen LogP) is 5.30. The summed E-state index contributed by atoms with van der Waals surface area (Å²) in [5, 5.41) is 9.38. The van der Waals surface area contributed by atoms with Crippen LogP contribution in [-0.2, 0) is 11.2 Å². The van der Waals surface area contributed by atoms with E-state index in [0.29, 0.717) is 6.54 Å². The lowest BCUT2D eigenvalue weighted by Gasteiger charge is -2.27. The number of ether oxygens (including phenoxy) is 1. The van der Waals surface area contributed by atoms with Crippen LogP contribution in [0.1, 0.15) is 34.3 Å². The van der Waals surface area contributed by atoms with E-state index >= 15 is 0 Å². The Labute approximate surface area is 220 Å². The lowest BCUT2D eigenvalue weighted by molar-refractivity contribution is 0.0376. The number of thiophene rings is 1. The van der Waals surface area contributed by atoms with E-state index in [0.717, 1.165) is 83.9 Å². The summed E-state index contributed by atoms with van der Waals surface area (Å²) in [5.74, 6) is 0.0430. The van der Waals surface area contributed by atoms with E-state index in [2.05, 4.69) is 29.9 Å². The molecule has 1 aromatic carbocycles. The van der Waals surface area contributed by atoms with E-state index in [4.69, 9.17) is 9.72 Å². The molecule has 36 heavy (non-hydrogen) atoms. The Hall–Kier alpha value is -2.85. The van der Waals surface area contributed by atoms with Gasteiger partial charge in [0.25, 0.3) is 5.91 Å². The topological polar surface area (TPSA) is 63.5 Å². The van der Waals surface area contributed by atoms with Gasteiger partial charge in [-0.15, -0.1) is 22.7 Å². The van der Waals surface area contributed by atoms with Crippen LogP contribution in [0.5, 0.6) is 0 Å². The first kappa shape index (κ1) is 24.8. The number of para-hydroxylation sites is 1. The Balaban J connectivity index is 1.39. The summed E-state index contributed by atoms with van der Waals surface area (Å²) in [4.78, 5) is 23.8. The molecule has 0 bridgehead atoms. The van der Waals surface area contributed by atoms with Crippen LogP contribution in [0.2, 0.25) is 0 Å². The number of carbonyl (C=O) groups excluding carboxylic acids is 1. The SMILES string of the molecule is CCc1ccsc1C(=O)N(CCCN1CCOCC1)c1nc(-c2cnn(-c3ccccc3)c2C)cs1. The maximum Gasteiger partial charge on any atom is 0.270 e. The zero-order valence-corrected chi connectivity index (χ0v) is 22.4. The lowest BCUT2D eigenvalue weighted by atomic mass is 10.2. The molecule has 0 radical (unpaired) electrons. The minimum Gasteiger partial charge on any atom is -0.379 e. The highest BCUT2D eigenvalue weighted by Gasteiger charge is 2.25. The fraction of sp³-hybridized carbons (Fsp3) is 0.370. The van der Waals surface area contributed by atoms with Crippen LogP contribution in [0, 0.1) is 6.92 Å². The molecule has 1 fully saturated rings. The van der Waals surface area contributed by atoms with Crippen molar-refractivity contribution in [2.24, 2.45) is 0 Å². The second-order valence-corrected chi connectivity index (χ2v) is 10.6. The number of aryl methyl sites for hydroxylation is 1. The van der Waals surface area contributed by atoms with Gasteiger partial charge in [-0.3, -0.25) is 14.6 Å². The average molecular weight is 522 g/mol. The normalized spacial score (nSPS) is 14.3.